The van der Waals surface area contributed by atoms with Crippen LogP contribution in [0.4, 0.5) is 0 Å². The maximum atomic E-state index is 11.0. The summed E-state index contributed by atoms with van der Waals surface area (Å²) in [5.41, 5.74) is 0. The molecule has 0 aromatic carbocycles. The molecule has 4 heteroatoms. The van der Waals surface area contributed by atoms with Crippen molar-refractivity contribution < 1.29 is 14.6 Å². The lowest BCUT2D eigenvalue weighted by Gasteiger charge is -2.03. The maximum Gasteiger partial charge on any atom is 0.349 e. The third-order valence-electron chi connectivity index (χ3n) is 2.20. The molecule has 0 radical (unpaired) electrons. The average molecular weight is 242 g/mol. The fraction of sp³-hybridized carbons (Fsp3) is 0.583. The van der Waals surface area contributed by atoms with Crippen LogP contribution in [0.5, 0.6) is 5.75 Å². The number of thiophene rings is 1. The summed E-state index contributed by atoms with van der Waals surface area (Å²) in [7, 11) is 0. The van der Waals surface area contributed by atoms with E-state index in [-0.39, 0.29) is 0 Å². The fourth-order valence-electron chi connectivity index (χ4n) is 1.37. The van der Waals surface area contributed by atoms with Crippen LogP contribution in [0.2, 0.25) is 0 Å². The molecule has 0 aliphatic heterocycles. The third-order valence-corrected chi connectivity index (χ3v) is 3.36. The molecule has 1 aromatic heterocycles. The van der Waals surface area contributed by atoms with Crippen LogP contribution in [-0.2, 0) is 6.42 Å². The summed E-state index contributed by atoms with van der Waals surface area (Å²) < 4.78 is 5.50. The number of carbonyl (C=O) groups is 1. The zero-order valence-electron chi connectivity index (χ0n) is 9.78. The number of hydrogen-bond acceptors (Lipinski definition) is 3. The van der Waals surface area contributed by atoms with Crippen LogP contribution in [0.3, 0.4) is 0 Å². The van der Waals surface area contributed by atoms with E-state index < -0.39 is 5.97 Å². The van der Waals surface area contributed by atoms with Crippen molar-refractivity contribution in [2.75, 3.05) is 6.61 Å². The van der Waals surface area contributed by atoms with Gasteiger partial charge >= 0.3 is 5.97 Å². The standard InChI is InChI=1S/C12H18O3S/c1-3-5-7-15-10-8-9(6-4-2)16-11(10)12(13)14/h8H,3-7H2,1-2H3,(H,13,14). The Morgan fingerprint density at radius 1 is 1.44 bits per heavy atom. The number of ether oxygens (including phenoxy) is 1. The quantitative estimate of drug-likeness (QED) is 0.743. The van der Waals surface area contributed by atoms with Crippen molar-refractivity contribution in [1.82, 2.24) is 0 Å². The van der Waals surface area contributed by atoms with Crippen molar-refractivity contribution >= 4 is 17.3 Å². The van der Waals surface area contributed by atoms with Crippen LogP contribution in [0, 0.1) is 0 Å². The molecule has 1 aromatic rings. The molecule has 0 amide bonds. The summed E-state index contributed by atoms with van der Waals surface area (Å²) in [6, 6.07) is 1.87. The van der Waals surface area contributed by atoms with E-state index in [0.717, 1.165) is 30.6 Å². The van der Waals surface area contributed by atoms with Crippen molar-refractivity contribution in [2.24, 2.45) is 0 Å². The first-order valence-corrected chi connectivity index (χ1v) is 6.49. The molecule has 0 aliphatic rings. The maximum absolute atomic E-state index is 11.0. The minimum Gasteiger partial charge on any atom is -0.492 e. The predicted molar refractivity (Wildman–Crippen MR) is 65.7 cm³/mol. The molecule has 90 valence electrons. The summed E-state index contributed by atoms with van der Waals surface area (Å²) in [6.45, 7) is 4.76. The highest BCUT2D eigenvalue weighted by molar-refractivity contribution is 7.14. The van der Waals surface area contributed by atoms with Crippen LogP contribution in [0.15, 0.2) is 6.07 Å². The molecular weight excluding hydrogens is 224 g/mol. The van der Waals surface area contributed by atoms with Crippen LogP contribution in [0.1, 0.15) is 47.7 Å². The third kappa shape index (κ3) is 3.52. The summed E-state index contributed by atoms with van der Waals surface area (Å²) in [4.78, 5) is 12.4. The highest BCUT2D eigenvalue weighted by Gasteiger charge is 2.16. The van der Waals surface area contributed by atoms with Gasteiger partial charge in [0.2, 0.25) is 0 Å². The first kappa shape index (κ1) is 13.0. The summed E-state index contributed by atoms with van der Waals surface area (Å²) >= 11 is 1.33. The number of unbranched alkanes of at least 4 members (excludes halogenated alkanes) is 1. The number of carboxylic acid groups (broad SMARTS) is 1. The lowest BCUT2D eigenvalue weighted by Crippen LogP contribution is -2.00. The van der Waals surface area contributed by atoms with Gasteiger partial charge in [-0.05, 0) is 18.9 Å². The Bertz CT molecular complexity index is 344. The Hall–Kier alpha value is -1.03. The van der Waals surface area contributed by atoms with E-state index in [9.17, 15) is 4.79 Å². The Kier molecular flexibility index (Phi) is 5.32. The number of rotatable bonds is 7. The molecule has 0 aliphatic carbocycles. The second-order valence-corrected chi connectivity index (χ2v) is 4.80. The topological polar surface area (TPSA) is 46.5 Å². The largest absolute Gasteiger partial charge is 0.492 e. The molecule has 0 fully saturated rings. The lowest BCUT2D eigenvalue weighted by atomic mass is 10.3. The van der Waals surface area contributed by atoms with E-state index in [1.54, 1.807) is 0 Å². The number of aryl methyl sites for hydroxylation is 1. The van der Waals surface area contributed by atoms with Crippen molar-refractivity contribution in [3.8, 4) is 5.75 Å². The molecule has 0 saturated heterocycles. The Morgan fingerprint density at radius 3 is 2.75 bits per heavy atom. The monoisotopic (exact) mass is 242 g/mol. The van der Waals surface area contributed by atoms with Crippen molar-refractivity contribution in [2.45, 2.75) is 39.5 Å². The van der Waals surface area contributed by atoms with Gasteiger partial charge in [-0.1, -0.05) is 26.7 Å². The molecule has 0 bridgehead atoms. The van der Waals surface area contributed by atoms with Gasteiger partial charge in [-0.25, -0.2) is 4.79 Å². The van der Waals surface area contributed by atoms with Crippen LogP contribution in [0.25, 0.3) is 0 Å². The van der Waals surface area contributed by atoms with Crippen molar-refractivity contribution in [3.63, 3.8) is 0 Å². The second-order valence-electron chi connectivity index (χ2n) is 3.66. The highest BCUT2D eigenvalue weighted by atomic mass is 32.1. The van der Waals surface area contributed by atoms with E-state index in [0.29, 0.717) is 17.2 Å². The predicted octanol–water partition coefficient (Wildman–Crippen LogP) is 3.58. The van der Waals surface area contributed by atoms with Gasteiger partial charge in [0.1, 0.15) is 5.75 Å². The molecule has 3 nitrogen and oxygen atoms in total. The van der Waals surface area contributed by atoms with Gasteiger partial charge in [0.05, 0.1) is 6.61 Å². The van der Waals surface area contributed by atoms with Gasteiger partial charge in [-0.3, -0.25) is 0 Å². The fourth-order valence-corrected chi connectivity index (χ4v) is 2.42. The average Bonchev–Trinajstić information content (AvgIpc) is 2.62. The summed E-state index contributed by atoms with van der Waals surface area (Å²) in [6.07, 6.45) is 3.95. The molecule has 1 N–H and O–H groups in total. The Morgan fingerprint density at radius 2 is 2.19 bits per heavy atom. The van der Waals surface area contributed by atoms with Crippen molar-refractivity contribution in [1.29, 1.82) is 0 Å². The molecule has 1 heterocycles. The van der Waals surface area contributed by atoms with Crippen LogP contribution < -0.4 is 4.74 Å². The normalized spacial score (nSPS) is 10.4. The van der Waals surface area contributed by atoms with Gasteiger partial charge in [-0.15, -0.1) is 11.3 Å². The Balaban J connectivity index is 2.74. The van der Waals surface area contributed by atoms with Crippen LogP contribution >= 0.6 is 11.3 Å². The number of hydrogen-bond donors (Lipinski definition) is 1. The molecule has 1 rings (SSSR count). The van der Waals surface area contributed by atoms with E-state index in [2.05, 4.69) is 13.8 Å². The zero-order valence-corrected chi connectivity index (χ0v) is 10.6. The van der Waals surface area contributed by atoms with Gasteiger partial charge in [0, 0.05) is 4.88 Å². The number of carboxylic acids is 1. The summed E-state index contributed by atoms with van der Waals surface area (Å²) in [5, 5.41) is 9.03. The van der Waals surface area contributed by atoms with Crippen LogP contribution in [-0.4, -0.2) is 17.7 Å². The van der Waals surface area contributed by atoms with Gasteiger partial charge in [0.25, 0.3) is 0 Å². The van der Waals surface area contributed by atoms with E-state index >= 15 is 0 Å². The molecule has 0 unspecified atom stereocenters. The molecule has 0 saturated carbocycles. The number of aromatic carboxylic acids is 1. The first-order chi connectivity index (χ1) is 7.69. The van der Waals surface area contributed by atoms with Gasteiger partial charge in [0.15, 0.2) is 4.88 Å². The van der Waals surface area contributed by atoms with E-state index in [1.807, 2.05) is 6.07 Å². The molecule has 16 heavy (non-hydrogen) atoms. The molecule has 0 spiro atoms. The highest BCUT2D eigenvalue weighted by Crippen LogP contribution is 2.30. The first-order valence-electron chi connectivity index (χ1n) is 5.67. The second kappa shape index (κ2) is 6.53. The smallest absolute Gasteiger partial charge is 0.349 e. The molecule has 0 atom stereocenters. The van der Waals surface area contributed by atoms with Gasteiger partial charge < -0.3 is 9.84 Å². The zero-order chi connectivity index (χ0) is 12.0. The minimum absolute atomic E-state index is 0.333. The van der Waals surface area contributed by atoms with Crippen molar-refractivity contribution in [3.05, 3.63) is 15.8 Å². The SMILES string of the molecule is CCCCOc1cc(CCC)sc1C(=O)O. The van der Waals surface area contributed by atoms with E-state index in [4.69, 9.17) is 9.84 Å². The summed E-state index contributed by atoms with van der Waals surface area (Å²) in [5.74, 6) is -0.353. The lowest BCUT2D eigenvalue weighted by molar-refractivity contribution is 0.0698. The molecular formula is C12H18O3S. The van der Waals surface area contributed by atoms with E-state index in [1.165, 1.54) is 11.3 Å². The minimum atomic E-state index is -0.890. The van der Waals surface area contributed by atoms with Gasteiger partial charge in [-0.2, -0.15) is 0 Å². The Labute approximate surface area is 100 Å².